The van der Waals surface area contributed by atoms with Crippen LogP contribution in [0.25, 0.3) is 0 Å². The van der Waals surface area contributed by atoms with Crippen LogP contribution in [-0.2, 0) is 4.79 Å². The fraction of sp³-hybridized carbons (Fsp3) is 0.176. The summed E-state index contributed by atoms with van der Waals surface area (Å²) in [5.74, 6) is -0.556. The number of amides is 1. The lowest BCUT2D eigenvalue weighted by molar-refractivity contribution is -0.385. The topological polar surface area (TPSA) is 98.5 Å². The first-order valence-corrected chi connectivity index (χ1v) is 7.28. The second kappa shape index (κ2) is 7.36. The van der Waals surface area contributed by atoms with E-state index in [1.165, 1.54) is 24.3 Å². The summed E-state index contributed by atoms with van der Waals surface area (Å²) in [6.07, 6.45) is 0.240. The molecular formula is C17H16N2O5. The van der Waals surface area contributed by atoms with Gasteiger partial charge in [0.25, 0.3) is 11.6 Å². The minimum atomic E-state index is -0.531. The quantitative estimate of drug-likeness (QED) is 0.392. The van der Waals surface area contributed by atoms with Gasteiger partial charge in [0.15, 0.2) is 0 Å². The Bertz CT molecular complexity index is 801. The molecule has 24 heavy (non-hydrogen) atoms. The molecule has 0 aliphatic carbocycles. The highest BCUT2D eigenvalue weighted by Crippen LogP contribution is 2.22. The van der Waals surface area contributed by atoms with Crippen molar-refractivity contribution in [2.75, 3.05) is 5.32 Å². The van der Waals surface area contributed by atoms with Crippen molar-refractivity contribution < 1.29 is 19.2 Å². The van der Waals surface area contributed by atoms with E-state index in [0.29, 0.717) is 17.0 Å². The van der Waals surface area contributed by atoms with Crippen LogP contribution in [0.5, 0.6) is 5.75 Å². The van der Waals surface area contributed by atoms with Crippen LogP contribution in [0.3, 0.4) is 0 Å². The molecule has 0 aromatic heterocycles. The monoisotopic (exact) mass is 328 g/mol. The molecule has 0 fully saturated rings. The fourth-order valence-corrected chi connectivity index (χ4v) is 1.99. The smallest absolute Gasteiger partial charge is 0.310 e. The first-order valence-electron chi connectivity index (χ1n) is 7.28. The van der Waals surface area contributed by atoms with Crippen molar-refractivity contribution in [1.82, 2.24) is 0 Å². The molecule has 2 rings (SSSR count). The molecule has 0 aliphatic rings. The van der Waals surface area contributed by atoms with Gasteiger partial charge in [0, 0.05) is 35.4 Å². The number of carbonyl (C=O) groups excluding carboxylic acids is 2. The van der Waals surface area contributed by atoms with Crippen LogP contribution >= 0.6 is 0 Å². The number of nitrogens with zero attached hydrogens (tertiary/aromatic N) is 1. The molecule has 124 valence electrons. The third-order valence-electron chi connectivity index (χ3n) is 3.28. The molecular weight excluding hydrogens is 312 g/mol. The molecule has 2 aromatic rings. The number of benzene rings is 2. The molecule has 2 aromatic carbocycles. The average Bonchev–Trinajstić information content (AvgIpc) is 2.55. The summed E-state index contributed by atoms with van der Waals surface area (Å²) >= 11 is 0. The van der Waals surface area contributed by atoms with E-state index in [1.54, 1.807) is 32.0 Å². The van der Waals surface area contributed by atoms with Crippen LogP contribution in [0.1, 0.15) is 29.3 Å². The number of nitrogens with one attached hydrogen (secondary N) is 1. The molecule has 0 saturated carbocycles. The van der Waals surface area contributed by atoms with E-state index in [2.05, 4.69) is 5.32 Å². The van der Waals surface area contributed by atoms with E-state index in [0.717, 1.165) is 0 Å². The number of anilines is 1. The van der Waals surface area contributed by atoms with Crippen LogP contribution in [0.2, 0.25) is 0 Å². The minimum Gasteiger partial charge on any atom is -0.426 e. The van der Waals surface area contributed by atoms with E-state index < -0.39 is 10.8 Å². The van der Waals surface area contributed by atoms with Gasteiger partial charge < -0.3 is 10.1 Å². The molecule has 0 heterocycles. The van der Waals surface area contributed by atoms with Crippen molar-refractivity contribution in [2.45, 2.75) is 20.3 Å². The van der Waals surface area contributed by atoms with Gasteiger partial charge in [-0.05, 0) is 25.1 Å². The Hall–Kier alpha value is -3.22. The van der Waals surface area contributed by atoms with Gasteiger partial charge in [-0.3, -0.25) is 19.7 Å². The van der Waals surface area contributed by atoms with Crippen molar-refractivity contribution in [3.05, 3.63) is 63.7 Å². The summed E-state index contributed by atoms with van der Waals surface area (Å²) in [5.41, 5.74) is 0.950. The second-order valence-electron chi connectivity index (χ2n) is 5.07. The summed E-state index contributed by atoms with van der Waals surface area (Å²) in [4.78, 5) is 34.0. The Morgan fingerprint density at radius 2 is 1.96 bits per heavy atom. The van der Waals surface area contributed by atoms with Gasteiger partial charge in [0.1, 0.15) is 5.75 Å². The van der Waals surface area contributed by atoms with Crippen LogP contribution < -0.4 is 10.1 Å². The minimum absolute atomic E-state index is 0.117. The maximum atomic E-state index is 12.2. The van der Waals surface area contributed by atoms with E-state index in [9.17, 15) is 19.7 Å². The molecule has 0 atom stereocenters. The number of nitro benzene ring substituents is 1. The SMILES string of the molecule is CCC(=O)Oc1cccc(NC(=O)c2ccc(C)c([N+](=O)[O-])c2)c1. The first-order chi connectivity index (χ1) is 11.4. The Morgan fingerprint density at radius 1 is 1.21 bits per heavy atom. The van der Waals surface area contributed by atoms with Crippen molar-refractivity contribution in [1.29, 1.82) is 0 Å². The van der Waals surface area contributed by atoms with Gasteiger partial charge in [-0.1, -0.05) is 19.1 Å². The number of ether oxygens (including phenoxy) is 1. The molecule has 7 heteroatoms. The average molecular weight is 328 g/mol. The normalized spacial score (nSPS) is 10.1. The summed E-state index contributed by atoms with van der Waals surface area (Å²) in [5, 5.41) is 13.6. The van der Waals surface area contributed by atoms with E-state index in [1.807, 2.05) is 0 Å². The zero-order valence-corrected chi connectivity index (χ0v) is 13.2. The molecule has 0 bridgehead atoms. The summed E-state index contributed by atoms with van der Waals surface area (Å²) < 4.78 is 5.08. The number of hydrogen-bond donors (Lipinski definition) is 1. The number of esters is 1. The van der Waals surface area contributed by atoms with Crippen LogP contribution in [0.15, 0.2) is 42.5 Å². The molecule has 1 N–H and O–H groups in total. The molecule has 0 saturated heterocycles. The standard InChI is InChI=1S/C17H16N2O5/c1-3-16(20)24-14-6-4-5-13(10-14)18-17(21)12-8-7-11(2)15(9-12)19(22)23/h4-10H,3H2,1-2H3,(H,18,21). The number of carbonyl (C=O) groups is 2. The number of aryl methyl sites for hydroxylation is 1. The predicted octanol–water partition coefficient (Wildman–Crippen LogP) is 3.47. The van der Waals surface area contributed by atoms with Crippen molar-refractivity contribution in [3.63, 3.8) is 0 Å². The lowest BCUT2D eigenvalue weighted by Gasteiger charge is -2.08. The number of hydrogen-bond acceptors (Lipinski definition) is 5. The summed E-state index contributed by atoms with van der Waals surface area (Å²) in [6.45, 7) is 3.28. The van der Waals surface area contributed by atoms with E-state index in [4.69, 9.17) is 4.74 Å². The van der Waals surface area contributed by atoms with Gasteiger partial charge in [0.2, 0.25) is 0 Å². The highest BCUT2D eigenvalue weighted by molar-refractivity contribution is 6.04. The fourth-order valence-electron chi connectivity index (χ4n) is 1.99. The van der Waals surface area contributed by atoms with E-state index in [-0.39, 0.29) is 23.6 Å². The third-order valence-corrected chi connectivity index (χ3v) is 3.28. The Balaban J connectivity index is 2.18. The Labute approximate surface area is 138 Å². The first kappa shape index (κ1) is 17.1. The molecule has 0 aliphatic heterocycles. The predicted molar refractivity (Wildman–Crippen MR) is 88.2 cm³/mol. The molecule has 0 unspecified atom stereocenters. The van der Waals surface area contributed by atoms with Gasteiger partial charge >= 0.3 is 5.97 Å². The number of rotatable bonds is 5. The van der Waals surface area contributed by atoms with Crippen molar-refractivity contribution >= 4 is 23.3 Å². The maximum Gasteiger partial charge on any atom is 0.310 e. The van der Waals surface area contributed by atoms with Crippen LogP contribution in [0, 0.1) is 17.0 Å². The van der Waals surface area contributed by atoms with Crippen molar-refractivity contribution in [3.8, 4) is 5.75 Å². The Morgan fingerprint density at radius 3 is 2.62 bits per heavy atom. The lowest BCUT2D eigenvalue weighted by atomic mass is 10.1. The van der Waals surface area contributed by atoms with Crippen LogP contribution in [0.4, 0.5) is 11.4 Å². The largest absolute Gasteiger partial charge is 0.426 e. The van der Waals surface area contributed by atoms with Gasteiger partial charge in [-0.2, -0.15) is 0 Å². The Kier molecular flexibility index (Phi) is 5.26. The zero-order valence-electron chi connectivity index (χ0n) is 13.2. The van der Waals surface area contributed by atoms with Crippen LogP contribution in [-0.4, -0.2) is 16.8 Å². The molecule has 1 amide bonds. The molecule has 0 radical (unpaired) electrons. The van der Waals surface area contributed by atoms with Gasteiger partial charge in [-0.25, -0.2) is 0 Å². The highest BCUT2D eigenvalue weighted by Gasteiger charge is 2.15. The second-order valence-corrected chi connectivity index (χ2v) is 5.07. The lowest BCUT2D eigenvalue weighted by Crippen LogP contribution is -2.13. The molecule has 0 spiro atoms. The van der Waals surface area contributed by atoms with Gasteiger partial charge in [0.05, 0.1) is 4.92 Å². The van der Waals surface area contributed by atoms with Crippen molar-refractivity contribution in [2.24, 2.45) is 0 Å². The van der Waals surface area contributed by atoms with Gasteiger partial charge in [-0.15, -0.1) is 0 Å². The molecule has 7 nitrogen and oxygen atoms in total. The summed E-state index contributed by atoms with van der Waals surface area (Å²) in [6, 6.07) is 10.6. The third kappa shape index (κ3) is 4.16. The zero-order chi connectivity index (χ0) is 17.7. The van der Waals surface area contributed by atoms with E-state index >= 15 is 0 Å². The maximum absolute atomic E-state index is 12.2. The highest BCUT2D eigenvalue weighted by atomic mass is 16.6. The summed E-state index contributed by atoms with van der Waals surface area (Å²) in [7, 11) is 0. The number of nitro groups is 1.